The topological polar surface area (TPSA) is 40.5 Å². The van der Waals surface area contributed by atoms with Crippen molar-refractivity contribution in [1.82, 2.24) is 4.90 Å². The molecule has 3 rings (SSSR count). The van der Waals surface area contributed by atoms with Gasteiger partial charge in [-0.05, 0) is 62.2 Å². The summed E-state index contributed by atoms with van der Waals surface area (Å²) in [4.78, 5) is 13.9. The number of carbonyl (C=O) groups is 1. The summed E-state index contributed by atoms with van der Waals surface area (Å²) in [7, 11) is 0. The summed E-state index contributed by atoms with van der Waals surface area (Å²) < 4.78 is 0. The summed E-state index contributed by atoms with van der Waals surface area (Å²) >= 11 is 0. The maximum Gasteiger partial charge on any atom is 0.308 e. The number of aliphatic carboxylic acids is 1. The molecule has 2 bridgehead atoms. The van der Waals surface area contributed by atoms with Crippen LogP contribution in [-0.2, 0) is 4.79 Å². The molecule has 3 fully saturated rings. The van der Waals surface area contributed by atoms with Gasteiger partial charge in [0, 0.05) is 18.6 Å². The molecule has 0 aromatic heterocycles. The monoisotopic (exact) mass is 293 g/mol. The van der Waals surface area contributed by atoms with Crippen LogP contribution in [0.2, 0.25) is 0 Å². The van der Waals surface area contributed by atoms with Gasteiger partial charge in [-0.3, -0.25) is 9.69 Å². The van der Waals surface area contributed by atoms with E-state index in [1.54, 1.807) is 0 Å². The third kappa shape index (κ3) is 2.99. The molecule has 0 aromatic rings. The van der Waals surface area contributed by atoms with Crippen molar-refractivity contribution in [2.24, 2.45) is 23.2 Å². The maximum atomic E-state index is 11.4. The average molecular weight is 293 g/mol. The molecule has 120 valence electrons. The van der Waals surface area contributed by atoms with E-state index < -0.39 is 5.97 Å². The van der Waals surface area contributed by atoms with Crippen molar-refractivity contribution in [3.8, 4) is 0 Å². The zero-order valence-electron chi connectivity index (χ0n) is 13.8. The molecule has 0 amide bonds. The second kappa shape index (κ2) is 5.57. The lowest BCUT2D eigenvalue weighted by atomic mass is 9.70. The van der Waals surface area contributed by atoms with Gasteiger partial charge in [0.25, 0.3) is 0 Å². The molecule has 3 aliphatic rings. The van der Waals surface area contributed by atoms with E-state index in [-0.39, 0.29) is 5.92 Å². The molecule has 3 atom stereocenters. The predicted octanol–water partition coefficient (Wildman–Crippen LogP) is 3.78. The third-order valence-corrected chi connectivity index (χ3v) is 6.54. The Bertz CT molecular complexity index is 393. The van der Waals surface area contributed by atoms with E-state index in [1.807, 2.05) is 0 Å². The van der Waals surface area contributed by atoms with Crippen molar-refractivity contribution < 1.29 is 9.90 Å². The number of hydrogen-bond acceptors (Lipinski definition) is 2. The fourth-order valence-corrected chi connectivity index (χ4v) is 5.16. The molecule has 0 radical (unpaired) electrons. The van der Waals surface area contributed by atoms with Gasteiger partial charge in [-0.25, -0.2) is 0 Å². The van der Waals surface area contributed by atoms with Gasteiger partial charge in [0.2, 0.25) is 0 Å². The molecule has 3 unspecified atom stereocenters. The minimum absolute atomic E-state index is 0.0883. The van der Waals surface area contributed by atoms with E-state index in [2.05, 4.69) is 25.7 Å². The molecule has 1 aliphatic carbocycles. The SMILES string of the molecule is CC(C)(C)C1CCC(CN2C3CCC2C(C(=O)O)C3)CC1. The van der Waals surface area contributed by atoms with Gasteiger partial charge in [-0.1, -0.05) is 20.8 Å². The van der Waals surface area contributed by atoms with Crippen LogP contribution in [0.1, 0.15) is 65.7 Å². The molecular formula is C18H31NO2. The van der Waals surface area contributed by atoms with Crippen LogP contribution < -0.4 is 0 Å². The summed E-state index contributed by atoms with van der Waals surface area (Å²) in [5.74, 6) is 1.02. The van der Waals surface area contributed by atoms with E-state index >= 15 is 0 Å². The van der Waals surface area contributed by atoms with Gasteiger partial charge < -0.3 is 5.11 Å². The highest BCUT2D eigenvalue weighted by molar-refractivity contribution is 5.71. The highest BCUT2D eigenvalue weighted by Gasteiger charge is 2.49. The molecular weight excluding hydrogens is 262 g/mol. The van der Waals surface area contributed by atoms with Crippen LogP contribution in [0, 0.1) is 23.2 Å². The standard InChI is InChI=1S/C18H31NO2/c1-18(2,3)13-6-4-12(5-7-13)11-19-14-8-9-16(19)15(10-14)17(20)21/h12-16H,4-11H2,1-3H3,(H,20,21). The minimum Gasteiger partial charge on any atom is -0.481 e. The number of nitrogens with zero attached hydrogens (tertiary/aromatic N) is 1. The van der Waals surface area contributed by atoms with Crippen LogP contribution in [0.5, 0.6) is 0 Å². The highest BCUT2D eigenvalue weighted by atomic mass is 16.4. The van der Waals surface area contributed by atoms with Crippen molar-refractivity contribution in [2.75, 3.05) is 6.54 Å². The Morgan fingerprint density at radius 1 is 1.10 bits per heavy atom. The van der Waals surface area contributed by atoms with E-state index in [0.717, 1.165) is 31.2 Å². The summed E-state index contributed by atoms with van der Waals surface area (Å²) in [6.07, 6.45) is 8.65. The van der Waals surface area contributed by atoms with E-state index in [4.69, 9.17) is 0 Å². The number of fused-ring (bicyclic) bond motifs is 2. The van der Waals surface area contributed by atoms with Crippen molar-refractivity contribution in [3.63, 3.8) is 0 Å². The molecule has 2 saturated heterocycles. The number of carboxylic acids is 1. The van der Waals surface area contributed by atoms with Crippen molar-refractivity contribution in [3.05, 3.63) is 0 Å². The second-order valence-corrected chi connectivity index (χ2v) is 8.76. The van der Waals surface area contributed by atoms with Crippen molar-refractivity contribution in [2.45, 2.75) is 77.8 Å². The summed E-state index contributed by atoms with van der Waals surface area (Å²) in [6.45, 7) is 8.28. The van der Waals surface area contributed by atoms with E-state index in [9.17, 15) is 9.90 Å². The Kier molecular flexibility index (Phi) is 4.06. The first-order valence-electron chi connectivity index (χ1n) is 8.85. The van der Waals surface area contributed by atoms with Gasteiger partial charge in [0.1, 0.15) is 0 Å². The smallest absolute Gasteiger partial charge is 0.308 e. The zero-order valence-corrected chi connectivity index (χ0v) is 13.8. The van der Waals surface area contributed by atoms with Crippen LogP contribution >= 0.6 is 0 Å². The van der Waals surface area contributed by atoms with Crippen LogP contribution in [0.15, 0.2) is 0 Å². The molecule has 1 saturated carbocycles. The molecule has 0 spiro atoms. The Hall–Kier alpha value is -0.570. The number of carboxylic acid groups (broad SMARTS) is 1. The van der Waals surface area contributed by atoms with Gasteiger partial charge in [-0.2, -0.15) is 0 Å². The molecule has 21 heavy (non-hydrogen) atoms. The fraction of sp³-hybridized carbons (Fsp3) is 0.944. The van der Waals surface area contributed by atoms with Gasteiger partial charge >= 0.3 is 5.97 Å². The first kappa shape index (κ1) is 15.3. The van der Waals surface area contributed by atoms with Crippen molar-refractivity contribution >= 4 is 5.97 Å². The van der Waals surface area contributed by atoms with Crippen LogP contribution in [0.4, 0.5) is 0 Å². The minimum atomic E-state index is -0.566. The van der Waals surface area contributed by atoms with Gasteiger partial charge in [0.05, 0.1) is 5.92 Å². The second-order valence-electron chi connectivity index (χ2n) is 8.76. The summed E-state index contributed by atoms with van der Waals surface area (Å²) in [6, 6.07) is 0.907. The van der Waals surface area contributed by atoms with Gasteiger partial charge in [0.15, 0.2) is 0 Å². The first-order valence-corrected chi connectivity index (χ1v) is 8.85. The zero-order chi connectivity index (χ0) is 15.2. The van der Waals surface area contributed by atoms with E-state index in [1.165, 1.54) is 32.1 Å². The lowest BCUT2D eigenvalue weighted by Gasteiger charge is -2.38. The Morgan fingerprint density at radius 2 is 1.76 bits per heavy atom. The Labute approximate surface area is 129 Å². The molecule has 1 N–H and O–H groups in total. The van der Waals surface area contributed by atoms with Crippen molar-refractivity contribution in [1.29, 1.82) is 0 Å². The third-order valence-electron chi connectivity index (χ3n) is 6.54. The number of hydrogen-bond donors (Lipinski definition) is 1. The molecule has 2 heterocycles. The van der Waals surface area contributed by atoms with E-state index in [0.29, 0.717) is 17.5 Å². The van der Waals surface area contributed by atoms with Gasteiger partial charge in [-0.15, -0.1) is 0 Å². The highest BCUT2D eigenvalue weighted by Crippen LogP contribution is 2.45. The Morgan fingerprint density at radius 3 is 2.29 bits per heavy atom. The quantitative estimate of drug-likeness (QED) is 0.861. The van der Waals surface area contributed by atoms with Crippen LogP contribution in [0.25, 0.3) is 0 Å². The largest absolute Gasteiger partial charge is 0.481 e. The number of rotatable bonds is 3. The van der Waals surface area contributed by atoms with Crippen LogP contribution in [0.3, 0.4) is 0 Å². The van der Waals surface area contributed by atoms with Crippen LogP contribution in [-0.4, -0.2) is 34.6 Å². The lowest BCUT2D eigenvalue weighted by Crippen LogP contribution is -2.38. The summed E-state index contributed by atoms with van der Waals surface area (Å²) in [5, 5.41) is 9.36. The molecule has 3 nitrogen and oxygen atoms in total. The summed E-state index contributed by atoms with van der Waals surface area (Å²) in [5.41, 5.74) is 0.450. The fourth-order valence-electron chi connectivity index (χ4n) is 5.16. The lowest BCUT2D eigenvalue weighted by molar-refractivity contribution is -0.142. The first-order chi connectivity index (χ1) is 9.86. The molecule has 3 heteroatoms. The molecule has 0 aromatic carbocycles. The average Bonchev–Trinajstić information content (AvgIpc) is 2.95. The maximum absolute atomic E-state index is 11.4. The predicted molar refractivity (Wildman–Crippen MR) is 84.2 cm³/mol. The Balaban J connectivity index is 1.54. The molecule has 2 aliphatic heterocycles. The normalized spacial score (nSPS) is 40.6.